The standard InChI is InChI=1S/C27H41FN2O6.C18H25FN2O4/c1-24(2,3)35-22(31)26(7,8)34-21-15-20(27(28)17-33-18-27)10-9-19(21)16-29-11-13-30(14-12-29)23(32)36-25(4,5)6;1-17(2,16(22)23)25-15-9-14(18(19)11-24-12-18)4-3-13(15)10-21-7-5-20-6-8-21/h9-10,15H,11-14,16-18H2,1-8H3;3-4,9,20H,5-8,10-12H2,1-2H3,(H,22,23). The van der Waals surface area contributed by atoms with Crippen molar-refractivity contribution >= 4 is 18.0 Å². The number of aliphatic carboxylic acids is 1. The number of alkyl halides is 2. The van der Waals surface area contributed by atoms with Gasteiger partial charge in [0.25, 0.3) is 0 Å². The van der Waals surface area contributed by atoms with Crippen LogP contribution >= 0.6 is 0 Å². The van der Waals surface area contributed by atoms with E-state index >= 15 is 4.39 Å². The molecule has 2 aromatic carbocycles. The zero-order chi connectivity index (χ0) is 45.0. The number of piperazine rings is 2. The number of ether oxygens (including phenoxy) is 6. The minimum absolute atomic E-state index is 0.00608. The predicted molar refractivity (Wildman–Crippen MR) is 224 cm³/mol. The van der Waals surface area contributed by atoms with E-state index in [0.29, 0.717) is 61.9 Å². The van der Waals surface area contributed by atoms with Gasteiger partial charge in [0.2, 0.25) is 0 Å². The van der Waals surface area contributed by atoms with E-state index in [1.807, 2.05) is 32.9 Å². The fourth-order valence-corrected chi connectivity index (χ4v) is 6.82. The molecule has 4 saturated heterocycles. The van der Waals surface area contributed by atoms with Crippen molar-refractivity contribution < 1.29 is 56.7 Å². The van der Waals surface area contributed by atoms with Crippen molar-refractivity contribution in [1.82, 2.24) is 20.0 Å². The van der Waals surface area contributed by atoms with Gasteiger partial charge in [-0.3, -0.25) is 9.80 Å². The highest BCUT2D eigenvalue weighted by atomic mass is 19.1. The molecule has 14 nitrogen and oxygen atoms in total. The molecule has 1 amide bonds. The summed E-state index contributed by atoms with van der Waals surface area (Å²) in [6.45, 7) is 24.4. The molecule has 0 saturated carbocycles. The molecule has 0 radical (unpaired) electrons. The van der Waals surface area contributed by atoms with E-state index in [9.17, 15) is 23.9 Å². The van der Waals surface area contributed by atoms with Gasteiger partial charge in [-0.15, -0.1) is 0 Å². The second kappa shape index (κ2) is 18.7. The van der Waals surface area contributed by atoms with Crippen LogP contribution in [-0.4, -0.2) is 139 Å². The van der Waals surface area contributed by atoms with Gasteiger partial charge < -0.3 is 43.7 Å². The molecule has 4 aliphatic rings. The lowest BCUT2D eigenvalue weighted by molar-refractivity contribution is -0.171. The molecule has 4 fully saturated rings. The Morgan fingerprint density at radius 1 is 0.656 bits per heavy atom. The number of hydrogen-bond acceptors (Lipinski definition) is 12. The first-order chi connectivity index (χ1) is 28.3. The number of rotatable bonds is 12. The monoisotopic (exact) mass is 860 g/mol. The number of nitrogens with zero attached hydrogens (tertiary/aromatic N) is 3. The van der Waals surface area contributed by atoms with Crippen LogP contribution in [0.4, 0.5) is 13.6 Å². The van der Waals surface area contributed by atoms with Gasteiger partial charge in [-0.25, -0.2) is 23.2 Å². The van der Waals surface area contributed by atoms with Crippen LogP contribution in [0.2, 0.25) is 0 Å². The SMILES string of the molecule is CC(C)(C)OC(=O)N1CCN(Cc2ccc(C3(F)COC3)cc2OC(C)(C)C(=O)OC(C)(C)C)CC1.CC(C)(Oc1cc(C2(F)COC2)ccc1CN1CCNCC1)C(=O)O. The first-order valence-corrected chi connectivity index (χ1v) is 21.1. The molecule has 2 N–H and O–H groups in total. The topological polar surface area (TPSA) is 149 Å². The Bertz CT molecular complexity index is 1860. The van der Waals surface area contributed by atoms with E-state index < -0.39 is 45.7 Å². The van der Waals surface area contributed by atoms with Crippen LogP contribution in [0.5, 0.6) is 11.5 Å². The molecular weight excluding hydrogens is 795 g/mol. The Morgan fingerprint density at radius 2 is 1.08 bits per heavy atom. The molecule has 0 bridgehead atoms. The fraction of sp³-hybridized carbons (Fsp3) is 0.667. The highest BCUT2D eigenvalue weighted by Crippen LogP contribution is 2.39. The number of esters is 1. The summed E-state index contributed by atoms with van der Waals surface area (Å²) in [5, 5.41) is 12.7. The minimum atomic E-state index is -1.56. The number of amides is 1. The Labute approximate surface area is 359 Å². The van der Waals surface area contributed by atoms with E-state index in [-0.39, 0.29) is 32.5 Å². The average molecular weight is 861 g/mol. The zero-order valence-electron chi connectivity index (χ0n) is 37.6. The summed E-state index contributed by atoms with van der Waals surface area (Å²) in [5.74, 6) is -0.707. The second-order valence-electron chi connectivity index (χ2n) is 19.4. The highest BCUT2D eigenvalue weighted by molar-refractivity contribution is 5.79. The van der Waals surface area contributed by atoms with Crippen molar-refractivity contribution in [2.45, 2.75) is 116 Å². The van der Waals surface area contributed by atoms with E-state index in [1.165, 1.54) is 13.8 Å². The molecule has 6 rings (SSSR count). The third-order valence-corrected chi connectivity index (χ3v) is 10.6. The maximum absolute atomic E-state index is 15.1. The summed E-state index contributed by atoms with van der Waals surface area (Å²) in [6.07, 6.45) is -0.314. The van der Waals surface area contributed by atoms with Crippen LogP contribution in [0, 0.1) is 0 Å². The van der Waals surface area contributed by atoms with E-state index in [1.54, 1.807) is 63.8 Å². The largest absolute Gasteiger partial charge is 0.478 e. The number of carboxylic acid groups (broad SMARTS) is 1. The van der Waals surface area contributed by atoms with Crippen molar-refractivity contribution in [3.63, 3.8) is 0 Å². The third kappa shape index (κ3) is 13.0. The van der Waals surface area contributed by atoms with Crippen LogP contribution in [-0.2, 0) is 53.0 Å². The van der Waals surface area contributed by atoms with E-state index in [0.717, 1.165) is 37.3 Å². The van der Waals surface area contributed by atoms with Crippen LogP contribution in [0.3, 0.4) is 0 Å². The number of carboxylic acids is 1. The number of hydrogen-bond donors (Lipinski definition) is 2. The van der Waals surface area contributed by atoms with E-state index in [4.69, 9.17) is 28.4 Å². The average Bonchev–Trinajstić information content (AvgIpc) is 3.13. The van der Waals surface area contributed by atoms with Gasteiger partial charge in [-0.05, 0) is 92.5 Å². The fourth-order valence-electron chi connectivity index (χ4n) is 6.82. The number of benzene rings is 2. The molecule has 4 aliphatic heterocycles. The molecule has 0 aliphatic carbocycles. The lowest BCUT2D eigenvalue weighted by Gasteiger charge is -2.37. The molecule has 61 heavy (non-hydrogen) atoms. The molecule has 0 unspecified atom stereocenters. The highest BCUT2D eigenvalue weighted by Gasteiger charge is 2.43. The summed E-state index contributed by atoms with van der Waals surface area (Å²) >= 11 is 0. The van der Waals surface area contributed by atoms with Crippen molar-refractivity contribution in [2.24, 2.45) is 0 Å². The van der Waals surface area contributed by atoms with Crippen molar-refractivity contribution in [3.05, 3.63) is 58.7 Å². The zero-order valence-corrected chi connectivity index (χ0v) is 37.6. The van der Waals surface area contributed by atoms with Gasteiger partial charge in [0.15, 0.2) is 22.5 Å². The number of halogens is 2. The lowest BCUT2D eigenvalue weighted by atomic mass is 9.92. The summed E-state index contributed by atoms with van der Waals surface area (Å²) in [7, 11) is 0. The van der Waals surface area contributed by atoms with Gasteiger partial charge >= 0.3 is 18.0 Å². The number of carbonyl (C=O) groups is 3. The van der Waals surface area contributed by atoms with Gasteiger partial charge in [0, 0.05) is 76.6 Å². The summed E-state index contributed by atoms with van der Waals surface area (Å²) in [6, 6.07) is 10.5. The van der Waals surface area contributed by atoms with Crippen LogP contribution in [0.25, 0.3) is 0 Å². The molecule has 0 atom stereocenters. The minimum Gasteiger partial charge on any atom is -0.478 e. The number of nitrogens with one attached hydrogen (secondary N) is 1. The van der Waals surface area contributed by atoms with Gasteiger partial charge in [-0.1, -0.05) is 24.3 Å². The molecule has 16 heteroatoms. The molecule has 340 valence electrons. The second-order valence-corrected chi connectivity index (χ2v) is 19.4. The summed E-state index contributed by atoms with van der Waals surface area (Å²) in [4.78, 5) is 42.8. The first kappa shape index (κ1) is 48.0. The lowest BCUT2D eigenvalue weighted by Crippen LogP contribution is -2.49. The summed E-state index contributed by atoms with van der Waals surface area (Å²) in [5.41, 5.74) is -4.34. The predicted octanol–water partition coefficient (Wildman–Crippen LogP) is 5.96. The molecule has 0 spiro atoms. The Kier molecular flexibility index (Phi) is 14.7. The van der Waals surface area contributed by atoms with Crippen molar-refractivity contribution in [3.8, 4) is 11.5 Å². The van der Waals surface area contributed by atoms with E-state index in [2.05, 4.69) is 15.1 Å². The van der Waals surface area contributed by atoms with Crippen molar-refractivity contribution in [2.75, 3.05) is 78.8 Å². The molecular formula is C45H66F2N4O10. The summed E-state index contributed by atoms with van der Waals surface area (Å²) < 4.78 is 62.9. The van der Waals surface area contributed by atoms with Crippen LogP contribution in [0.15, 0.2) is 36.4 Å². The normalized spacial score (nSPS) is 19.6. The maximum Gasteiger partial charge on any atom is 0.410 e. The van der Waals surface area contributed by atoms with Crippen LogP contribution in [0.1, 0.15) is 91.5 Å². The number of carbonyl (C=O) groups excluding carboxylic acids is 2. The van der Waals surface area contributed by atoms with Gasteiger partial charge in [0.05, 0.1) is 26.4 Å². The molecule has 2 aromatic rings. The van der Waals surface area contributed by atoms with Crippen LogP contribution < -0.4 is 14.8 Å². The van der Waals surface area contributed by atoms with Crippen molar-refractivity contribution in [1.29, 1.82) is 0 Å². The third-order valence-electron chi connectivity index (χ3n) is 10.6. The Morgan fingerprint density at radius 3 is 1.48 bits per heavy atom. The van der Waals surface area contributed by atoms with Gasteiger partial charge in [0.1, 0.15) is 22.7 Å². The quantitative estimate of drug-likeness (QED) is 0.242. The van der Waals surface area contributed by atoms with Gasteiger partial charge in [-0.2, -0.15) is 0 Å². The smallest absolute Gasteiger partial charge is 0.410 e. The maximum atomic E-state index is 15.1. The Hall–Kier alpha value is -4.09. The molecule has 0 aromatic heterocycles. The Balaban J connectivity index is 0.000000246. The molecule has 4 heterocycles. The first-order valence-electron chi connectivity index (χ1n) is 21.1.